The smallest absolute Gasteiger partial charge is 0.253 e. The molecule has 1 fully saturated rings. The van der Waals surface area contributed by atoms with E-state index in [0.29, 0.717) is 16.4 Å². The summed E-state index contributed by atoms with van der Waals surface area (Å²) in [6.45, 7) is 4.13. The number of carbonyl (C=O) groups is 2. The number of carbonyl (C=O) groups excluding carboxylic acids is 2. The molecule has 1 aliphatic carbocycles. The molecule has 160 valence electrons. The summed E-state index contributed by atoms with van der Waals surface area (Å²) >= 11 is 1.27. The molecule has 1 aliphatic rings. The van der Waals surface area contributed by atoms with E-state index in [1.807, 2.05) is 35.0 Å². The number of para-hydroxylation sites is 2. The highest BCUT2D eigenvalue weighted by molar-refractivity contribution is 7.99. The van der Waals surface area contributed by atoms with Crippen molar-refractivity contribution in [3.63, 3.8) is 0 Å². The van der Waals surface area contributed by atoms with E-state index in [2.05, 4.69) is 34.6 Å². The van der Waals surface area contributed by atoms with E-state index in [1.54, 1.807) is 24.3 Å². The second-order valence-corrected chi connectivity index (χ2v) is 8.73. The fraction of sp³-hybridized carbons (Fsp3) is 0.304. The number of hydrogen-bond acceptors (Lipinski definition) is 5. The van der Waals surface area contributed by atoms with Crippen molar-refractivity contribution in [3.05, 3.63) is 66.0 Å². The van der Waals surface area contributed by atoms with Crippen molar-refractivity contribution in [1.29, 1.82) is 0 Å². The van der Waals surface area contributed by atoms with Gasteiger partial charge < -0.3 is 10.6 Å². The maximum Gasteiger partial charge on any atom is 0.253 e. The van der Waals surface area contributed by atoms with E-state index in [0.717, 1.165) is 24.4 Å². The van der Waals surface area contributed by atoms with Gasteiger partial charge in [0.25, 0.3) is 5.91 Å². The Kier molecular flexibility index (Phi) is 6.36. The van der Waals surface area contributed by atoms with Gasteiger partial charge in [0.2, 0.25) is 11.1 Å². The van der Waals surface area contributed by atoms with Gasteiger partial charge in [0, 0.05) is 12.0 Å². The fourth-order valence-electron chi connectivity index (χ4n) is 3.10. The predicted molar refractivity (Wildman–Crippen MR) is 122 cm³/mol. The van der Waals surface area contributed by atoms with Crippen LogP contribution >= 0.6 is 11.8 Å². The van der Waals surface area contributed by atoms with Gasteiger partial charge in [-0.25, -0.2) is 9.67 Å². The average molecular weight is 436 g/mol. The molecular formula is C23H25N5O2S. The Morgan fingerprint density at radius 3 is 2.52 bits per heavy atom. The Labute approximate surface area is 185 Å². The lowest BCUT2D eigenvalue weighted by atomic mass is 10.1. The summed E-state index contributed by atoms with van der Waals surface area (Å²) in [7, 11) is 0. The second-order valence-electron chi connectivity index (χ2n) is 7.78. The Hall–Kier alpha value is -3.13. The largest absolute Gasteiger partial charge is 0.349 e. The van der Waals surface area contributed by atoms with E-state index in [1.165, 1.54) is 11.8 Å². The molecule has 0 unspecified atom stereocenters. The summed E-state index contributed by atoms with van der Waals surface area (Å²) < 4.78 is 1.82. The van der Waals surface area contributed by atoms with Gasteiger partial charge in [-0.2, -0.15) is 0 Å². The van der Waals surface area contributed by atoms with E-state index < -0.39 is 0 Å². The lowest BCUT2D eigenvalue weighted by molar-refractivity contribution is -0.113. The van der Waals surface area contributed by atoms with Gasteiger partial charge in [-0.05, 0) is 37.1 Å². The van der Waals surface area contributed by atoms with E-state index in [4.69, 9.17) is 0 Å². The zero-order valence-electron chi connectivity index (χ0n) is 17.5. The average Bonchev–Trinajstić information content (AvgIpc) is 3.47. The standard InChI is InChI=1S/C23H25N5O2S/c1-15(2)21-26-23(27-28(21)17-8-4-3-5-9-17)31-14-20(29)25-19-11-7-6-10-18(19)22(30)24-16-12-13-16/h3-11,15-16H,12-14H2,1-2H3,(H,24,30)(H,25,29). The minimum absolute atomic E-state index is 0.148. The normalized spacial score (nSPS) is 13.3. The number of anilines is 1. The number of rotatable bonds is 8. The molecular weight excluding hydrogens is 410 g/mol. The van der Waals surface area contributed by atoms with Crippen LogP contribution in [0.25, 0.3) is 5.69 Å². The molecule has 2 aromatic carbocycles. The molecule has 3 aromatic rings. The van der Waals surface area contributed by atoms with Crippen molar-refractivity contribution in [2.75, 3.05) is 11.1 Å². The first-order valence-corrected chi connectivity index (χ1v) is 11.3. The number of aromatic nitrogens is 3. The molecule has 8 heteroatoms. The van der Waals surface area contributed by atoms with Gasteiger partial charge >= 0.3 is 0 Å². The summed E-state index contributed by atoms with van der Waals surface area (Å²) in [4.78, 5) is 29.6. The molecule has 0 saturated heterocycles. The first-order chi connectivity index (χ1) is 15.0. The number of thioether (sulfide) groups is 1. The van der Waals surface area contributed by atoms with Crippen LogP contribution < -0.4 is 10.6 Å². The molecule has 31 heavy (non-hydrogen) atoms. The minimum atomic E-state index is -0.209. The van der Waals surface area contributed by atoms with Crippen LogP contribution in [0.2, 0.25) is 0 Å². The number of nitrogens with one attached hydrogen (secondary N) is 2. The Bertz CT molecular complexity index is 1080. The third kappa shape index (κ3) is 5.32. The summed E-state index contributed by atoms with van der Waals surface area (Å²) in [5.74, 6) is 0.813. The van der Waals surface area contributed by atoms with Crippen LogP contribution in [-0.2, 0) is 4.79 Å². The van der Waals surface area contributed by atoms with Gasteiger partial charge in [0.05, 0.1) is 22.7 Å². The molecule has 1 saturated carbocycles. The van der Waals surface area contributed by atoms with E-state index >= 15 is 0 Å². The monoisotopic (exact) mass is 435 g/mol. The van der Waals surface area contributed by atoms with Crippen molar-refractivity contribution in [3.8, 4) is 5.69 Å². The van der Waals surface area contributed by atoms with Gasteiger partial charge in [-0.15, -0.1) is 5.10 Å². The molecule has 2 amide bonds. The fourth-order valence-corrected chi connectivity index (χ4v) is 3.73. The van der Waals surface area contributed by atoms with Gasteiger partial charge in [0.15, 0.2) is 0 Å². The molecule has 4 rings (SSSR count). The van der Waals surface area contributed by atoms with Crippen LogP contribution in [0.3, 0.4) is 0 Å². The Morgan fingerprint density at radius 2 is 1.81 bits per heavy atom. The number of hydrogen-bond donors (Lipinski definition) is 2. The van der Waals surface area contributed by atoms with Crippen LogP contribution in [0.4, 0.5) is 5.69 Å². The molecule has 0 radical (unpaired) electrons. The molecule has 0 atom stereocenters. The summed E-state index contributed by atoms with van der Waals surface area (Å²) in [6, 6.07) is 17.1. The highest BCUT2D eigenvalue weighted by Crippen LogP contribution is 2.24. The van der Waals surface area contributed by atoms with Crippen LogP contribution in [0, 0.1) is 0 Å². The van der Waals surface area contributed by atoms with Crippen LogP contribution in [0.15, 0.2) is 59.8 Å². The Balaban J connectivity index is 1.42. The molecule has 1 aromatic heterocycles. The third-order valence-corrected chi connectivity index (χ3v) is 5.66. The number of nitrogens with zero attached hydrogens (tertiary/aromatic N) is 3. The minimum Gasteiger partial charge on any atom is -0.349 e. The lowest BCUT2D eigenvalue weighted by Gasteiger charge is -2.10. The second kappa shape index (κ2) is 9.34. The maximum atomic E-state index is 12.6. The van der Waals surface area contributed by atoms with Crippen molar-refractivity contribution >= 4 is 29.3 Å². The van der Waals surface area contributed by atoms with Gasteiger partial charge in [-0.1, -0.05) is 55.9 Å². The van der Waals surface area contributed by atoms with Crippen LogP contribution in [-0.4, -0.2) is 38.4 Å². The number of benzene rings is 2. The predicted octanol–water partition coefficient (Wildman–Crippen LogP) is 4.01. The van der Waals surface area contributed by atoms with Gasteiger partial charge in [-0.3, -0.25) is 9.59 Å². The van der Waals surface area contributed by atoms with Crippen molar-refractivity contribution in [1.82, 2.24) is 20.1 Å². The number of amides is 2. The SMILES string of the molecule is CC(C)c1nc(SCC(=O)Nc2ccccc2C(=O)NC2CC2)nn1-c1ccccc1. The highest BCUT2D eigenvalue weighted by atomic mass is 32.2. The van der Waals surface area contributed by atoms with Crippen LogP contribution in [0.1, 0.15) is 48.8 Å². The summed E-state index contributed by atoms with van der Waals surface area (Å²) in [6.07, 6.45) is 2.02. The first kappa shape index (κ1) is 21.1. The first-order valence-electron chi connectivity index (χ1n) is 10.4. The van der Waals surface area contributed by atoms with E-state index in [9.17, 15) is 9.59 Å². The zero-order valence-corrected chi connectivity index (χ0v) is 18.4. The molecule has 0 bridgehead atoms. The Morgan fingerprint density at radius 1 is 1.10 bits per heavy atom. The molecule has 7 nitrogen and oxygen atoms in total. The van der Waals surface area contributed by atoms with Crippen molar-refractivity contribution in [2.24, 2.45) is 0 Å². The van der Waals surface area contributed by atoms with E-state index in [-0.39, 0.29) is 29.5 Å². The van der Waals surface area contributed by atoms with Crippen LogP contribution in [0.5, 0.6) is 0 Å². The summed E-state index contributed by atoms with van der Waals surface area (Å²) in [5, 5.41) is 10.9. The van der Waals surface area contributed by atoms with Crippen molar-refractivity contribution < 1.29 is 9.59 Å². The molecule has 0 aliphatic heterocycles. The topological polar surface area (TPSA) is 88.9 Å². The summed E-state index contributed by atoms with van der Waals surface area (Å²) in [5.41, 5.74) is 1.92. The van der Waals surface area contributed by atoms with Gasteiger partial charge in [0.1, 0.15) is 5.82 Å². The lowest BCUT2D eigenvalue weighted by Crippen LogP contribution is -2.27. The van der Waals surface area contributed by atoms with Crippen molar-refractivity contribution in [2.45, 2.75) is 43.8 Å². The molecule has 2 N–H and O–H groups in total. The highest BCUT2D eigenvalue weighted by Gasteiger charge is 2.25. The molecule has 0 spiro atoms. The zero-order chi connectivity index (χ0) is 21.8. The maximum absolute atomic E-state index is 12.6. The third-order valence-electron chi connectivity index (χ3n) is 4.82. The molecule has 1 heterocycles. The quantitative estimate of drug-likeness (QED) is 0.522.